The Labute approximate surface area is 107 Å². The number of rotatable bonds is 2. The van der Waals surface area contributed by atoms with Gasteiger partial charge in [0.2, 0.25) is 11.8 Å². The minimum absolute atomic E-state index is 0.118. The van der Waals surface area contributed by atoms with Crippen molar-refractivity contribution in [2.24, 2.45) is 0 Å². The number of carbonyl (C=O) groups excluding carboxylic acids is 3. The fraction of sp³-hybridized carbons (Fsp3) is 0.500. The molecule has 1 saturated heterocycles. The van der Waals surface area contributed by atoms with Crippen LogP contribution in [-0.2, 0) is 16.0 Å². The smallest absolute Gasteiger partial charge is 0.268 e. The monoisotopic (exact) mass is 268 g/mol. The molecule has 8 heteroatoms. The summed E-state index contributed by atoms with van der Waals surface area (Å²) in [6, 6.07) is -0.665. The van der Waals surface area contributed by atoms with Gasteiger partial charge in [0.1, 0.15) is 17.5 Å². The molecule has 2 heterocycles. The second kappa shape index (κ2) is 4.81. The van der Waals surface area contributed by atoms with E-state index < -0.39 is 17.9 Å². The predicted octanol–water partition coefficient (Wildman–Crippen LogP) is -0.412. The van der Waals surface area contributed by atoms with Gasteiger partial charge in [0, 0.05) is 0 Å². The van der Waals surface area contributed by atoms with Gasteiger partial charge in [-0.2, -0.15) is 0 Å². The molecule has 96 valence electrons. The number of piperazine rings is 1. The Hall–Kier alpha value is -1.83. The Bertz CT molecular complexity index is 513. The molecular weight excluding hydrogens is 256 g/mol. The maximum atomic E-state index is 12.3. The number of nitrogens with one attached hydrogen (secondary N) is 1. The van der Waals surface area contributed by atoms with Gasteiger partial charge >= 0.3 is 0 Å². The summed E-state index contributed by atoms with van der Waals surface area (Å²) in [4.78, 5) is 36.7. The molecule has 7 nitrogen and oxygen atoms in total. The maximum Gasteiger partial charge on any atom is 0.268 e. The third kappa shape index (κ3) is 2.10. The predicted molar refractivity (Wildman–Crippen MR) is 62.9 cm³/mol. The molecule has 1 atom stereocenters. The van der Waals surface area contributed by atoms with Crippen molar-refractivity contribution in [2.75, 3.05) is 6.54 Å². The van der Waals surface area contributed by atoms with E-state index in [1.54, 1.807) is 6.92 Å². The minimum Gasteiger partial charge on any atom is -0.317 e. The van der Waals surface area contributed by atoms with Gasteiger partial charge in [0.15, 0.2) is 0 Å². The van der Waals surface area contributed by atoms with Gasteiger partial charge in [-0.3, -0.25) is 19.7 Å². The Balaban J connectivity index is 2.27. The lowest BCUT2D eigenvalue weighted by molar-refractivity contribution is -0.138. The SMILES string of the molecule is CCc1nnsc1C(=O)N1CC(=O)NC(=O)C1C. The lowest BCUT2D eigenvalue weighted by atomic mass is 10.1. The molecular formula is C10H12N4O3S. The average molecular weight is 268 g/mol. The number of amides is 3. The Morgan fingerprint density at radius 2 is 2.28 bits per heavy atom. The molecule has 3 amide bonds. The summed E-state index contributed by atoms with van der Waals surface area (Å²) in [5, 5.41) is 6.04. The van der Waals surface area contributed by atoms with E-state index in [0.717, 1.165) is 11.5 Å². The van der Waals surface area contributed by atoms with Gasteiger partial charge in [-0.25, -0.2) is 0 Å². The molecule has 1 unspecified atom stereocenters. The van der Waals surface area contributed by atoms with E-state index in [1.807, 2.05) is 6.92 Å². The van der Waals surface area contributed by atoms with Gasteiger partial charge in [0.05, 0.1) is 5.69 Å². The standard InChI is InChI=1S/C10H12N4O3S/c1-3-6-8(18-13-12-6)10(17)14-4-7(15)11-9(16)5(14)2/h5H,3-4H2,1-2H3,(H,11,15,16). The van der Waals surface area contributed by atoms with Crippen LogP contribution in [0, 0.1) is 0 Å². The van der Waals surface area contributed by atoms with Gasteiger partial charge in [-0.15, -0.1) is 5.10 Å². The van der Waals surface area contributed by atoms with E-state index in [2.05, 4.69) is 14.9 Å². The highest BCUT2D eigenvalue weighted by molar-refractivity contribution is 7.08. The lowest BCUT2D eigenvalue weighted by Gasteiger charge is -2.31. The van der Waals surface area contributed by atoms with E-state index in [4.69, 9.17) is 0 Å². The van der Waals surface area contributed by atoms with E-state index >= 15 is 0 Å². The van der Waals surface area contributed by atoms with Crippen LogP contribution in [0.1, 0.15) is 29.2 Å². The number of aryl methyl sites for hydroxylation is 1. The minimum atomic E-state index is -0.665. The number of hydrogen-bond acceptors (Lipinski definition) is 6. The summed E-state index contributed by atoms with van der Waals surface area (Å²) < 4.78 is 3.73. The van der Waals surface area contributed by atoms with Crippen molar-refractivity contribution in [1.82, 2.24) is 19.8 Å². The first-order chi connectivity index (χ1) is 8.54. The van der Waals surface area contributed by atoms with Crippen LogP contribution < -0.4 is 5.32 Å². The highest BCUT2D eigenvalue weighted by Gasteiger charge is 2.35. The molecule has 1 N–H and O–H groups in total. The van der Waals surface area contributed by atoms with E-state index in [1.165, 1.54) is 4.90 Å². The summed E-state index contributed by atoms with van der Waals surface area (Å²) in [6.45, 7) is 3.33. The van der Waals surface area contributed by atoms with Crippen molar-refractivity contribution in [3.05, 3.63) is 10.6 Å². The largest absolute Gasteiger partial charge is 0.317 e. The third-order valence-electron chi connectivity index (χ3n) is 2.77. The van der Waals surface area contributed by atoms with Crippen LogP contribution in [0.3, 0.4) is 0 Å². The van der Waals surface area contributed by atoms with Crippen LogP contribution in [-0.4, -0.2) is 44.8 Å². The first-order valence-corrected chi connectivity index (χ1v) is 6.27. The fourth-order valence-electron chi connectivity index (χ4n) is 1.70. The summed E-state index contributed by atoms with van der Waals surface area (Å²) in [6.07, 6.45) is 0.583. The Morgan fingerprint density at radius 3 is 2.94 bits per heavy atom. The molecule has 0 radical (unpaired) electrons. The summed E-state index contributed by atoms with van der Waals surface area (Å²) in [5.74, 6) is -1.30. The first kappa shape index (κ1) is 12.6. The number of carbonyl (C=O) groups is 3. The van der Waals surface area contributed by atoms with Gasteiger partial charge < -0.3 is 4.90 Å². The molecule has 18 heavy (non-hydrogen) atoms. The molecule has 1 aromatic rings. The van der Waals surface area contributed by atoms with Crippen LogP contribution in [0.4, 0.5) is 0 Å². The number of aromatic nitrogens is 2. The summed E-state index contributed by atoms with van der Waals surface area (Å²) in [5.41, 5.74) is 0.593. The molecule has 1 aliphatic heterocycles. The topological polar surface area (TPSA) is 92.3 Å². The molecule has 0 saturated carbocycles. The normalized spacial score (nSPS) is 19.9. The van der Waals surface area contributed by atoms with Crippen molar-refractivity contribution < 1.29 is 14.4 Å². The molecule has 0 spiro atoms. The van der Waals surface area contributed by atoms with Crippen molar-refractivity contribution in [3.8, 4) is 0 Å². The Kier molecular flexibility index (Phi) is 3.37. The van der Waals surface area contributed by atoms with Crippen LogP contribution in [0.2, 0.25) is 0 Å². The van der Waals surface area contributed by atoms with Gasteiger partial charge in [0.25, 0.3) is 5.91 Å². The van der Waals surface area contributed by atoms with Gasteiger partial charge in [-0.05, 0) is 24.9 Å². The Morgan fingerprint density at radius 1 is 1.56 bits per heavy atom. The quantitative estimate of drug-likeness (QED) is 0.736. The van der Waals surface area contributed by atoms with Crippen LogP contribution in [0.5, 0.6) is 0 Å². The van der Waals surface area contributed by atoms with Crippen molar-refractivity contribution in [2.45, 2.75) is 26.3 Å². The van der Waals surface area contributed by atoms with Crippen LogP contribution in [0.15, 0.2) is 0 Å². The average Bonchev–Trinajstić information content (AvgIpc) is 2.81. The van der Waals surface area contributed by atoms with E-state index in [0.29, 0.717) is 17.0 Å². The molecule has 0 bridgehead atoms. The van der Waals surface area contributed by atoms with E-state index in [-0.39, 0.29) is 12.5 Å². The third-order valence-corrected chi connectivity index (χ3v) is 3.53. The maximum absolute atomic E-state index is 12.3. The molecule has 1 fully saturated rings. The number of nitrogens with zero attached hydrogens (tertiary/aromatic N) is 3. The molecule has 2 rings (SSSR count). The van der Waals surface area contributed by atoms with E-state index in [9.17, 15) is 14.4 Å². The lowest BCUT2D eigenvalue weighted by Crippen LogP contribution is -2.58. The zero-order chi connectivity index (χ0) is 13.3. The fourth-order valence-corrected chi connectivity index (χ4v) is 2.40. The highest BCUT2D eigenvalue weighted by atomic mass is 32.1. The van der Waals surface area contributed by atoms with Crippen molar-refractivity contribution in [1.29, 1.82) is 0 Å². The number of imide groups is 1. The molecule has 0 aliphatic carbocycles. The summed E-state index contributed by atoms with van der Waals surface area (Å²) in [7, 11) is 0. The van der Waals surface area contributed by atoms with Crippen molar-refractivity contribution in [3.63, 3.8) is 0 Å². The van der Waals surface area contributed by atoms with Gasteiger partial charge in [-0.1, -0.05) is 11.4 Å². The zero-order valence-electron chi connectivity index (χ0n) is 9.97. The highest BCUT2D eigenvalue weighted by Crippen LogP contribution is 2.17. The van der Waals surface area contributed by atoms with Crippen LogP contribution >= 0.6 is 11.5 Å². The number of hydrogen-bond donors (Lipinski definition) is 1. The van der Waals surface area contributed by atoms with Crippen molar-refractivity contribution >= 4 is 29.3 Å². The first-order valence-electron chi connectivity index (χ1n) is 5.50. The van der Waals surface area contributed by atoms with Crippen LogP contribution in [0.25, 0.3) is 0 Å². The molecule has 0 aromatic carbocycles. The summed E-state index contributed by atoms with van der Waals surface area (Å²) >= 11 is 0.985. The second-order valence-corrected chi connectivity index (χ2v) is 4.68. The second-order valence-electron chi connectivity index (χ2n) is 3.92. The zero-order valence-corrected chi connectivity index (χ0v) is 10.8. The molecule has 1 aromatic heterocycles. The molecule has 1 aliphatic rings.